The van der Waals surface area contributed by atoms with Crippen molar-refractivity contribution in [3.8, 4) is 0 Å². The van der Waals surface area contributed by atoms with Crippen LogP contribution < -0.4 is 0 Å². The molecule has 0 saturated carbocycles. The van der Waals surface area contributed by atoms with E-state index in [1.54, 1.807) is 0 Å². The molecule has 0 saturated heterocycles. The van der Waals surface area contributed by atoms with Crippen LogP contribution in [-0.2, 0) is 5.41 Å². The Hall–Kier alpha value is -1.11. The third-order valence-corrected chi connectivity index (χ3v) is 3.18. The number of carbonyl (C=O) groups excluding carboxylic acids is 1. The third-order valence-electron chi connectivity index (χ3n) is 3.18. The van der Waals surface area contributed by atoms with Crippen molar-refractivity contribution in [3.63, 3.8) is 0 Å². The standard InChI is InChI=1S/C13H16O/c1-9-4-5-11-10(8-9)12(14)6-7-13(11,2)3/h4-5,8H,6-7H2,1-3H3. The van der Waals surface area contributed by atoms with Crippen LogP contribution in [0, 0.1) is 6.92 Å². The lowest BCUT2D eigenvalue weighted by Crippen LogP contribution is -2.27. The van der Waals surface area contributed by atoms with Crippen LogP contribution in [0.5, 0.6) is 0 Å². The van der Waals surface area contributed by atoms with Crippen molar-refractivity contribution in [2.24, 2.45) is 0 Å². The molecular formula is C13H16O. The van der Waals surface area contributed by atoms with Gasteiger partial charge in [-0.3, -0.25) is 4.79 Å². The number of carbonyl (C=O) groups is 1. The van der Waals surface area contributed by atoms with E-state index < -0.39 is 0 Å². The van der Waals surface area contributed by atoms with Gasteiger partial charge in [0.2, 0.25) is 0 Å². The lowest BCUT2D eigenvalue weighted by atomic mass is 9.72. The highest BCUT2D eigenvalue weighted by molar-refractivity contribution is 5.99. The number of benzene rings is 1. The Bertz CT molecular complexity index is 388. The van der Waals surface area contributed by atoms with Gasteiger partial charge in [0.05, 0.1) is 0 Å². The smallest absolute Gasteiger partial charge is 0.163 e. The zero-order valence-electron chi connectivity index (χ0n) is 9.05. The van der Waals surface area contributed by atoms with Gasteiger partial charge < -0.3 is 0 Å². The Morgan fingerprint density at radius 2 is 2.00 bits per heavy atom. The molecule has 0 N–H and O–H groups in total. The fourth-order valence-corrected chi connectivity index (χ4v) is 2.17. The third kappa shape index (κ3) is 1.37. The number of hydrogen-bond donors (Lipinski definition) is 0. The van der Waals surface area contributed by atoms with Crippen LogP contribution >= 0.6 is 0 Å². The highest BCUT2D eigenvalue weighted by atomic mass is 16.1. The largest absolute Gasteiger partial charge is 0.294 e. The zero-order valence-corrected chi connectivity index (χ0v) is 9.05. The Morgan fingerprint density at radius 1 is 1.29 bits per heavy atom. The molecule has 0 unspecified atom stereocenters. The van der Waals surface area contributed by atoms with Gasteiger partial charge in [-0.2, -0.15) is 0 Å². The Labute approximate surface area is 85.1 Å². The van der Waals surface area contributed by atoms with Gasteiger partial charge in [0.25, 0.3) is 0 Å². The summed E-state index contributed by atoms with van der Waals surface area (Å²) in [5.74, 6) is 0.308. The van der Waals surface area contributed by atoms with Crippen molar-refractivity contribution < 1.29 is 4.79 Å². The van der Waals surface area contributed by atoms with Gasteiger partial charge in [0, 0.05) is 12.0 Å². The maximum atomic E-state index is 11.7. The second-order valence-corrected chi connectivity index (χ2v) is 4.86. The van der Waals surface area contributed by atoms with Gasteiger partial charge in [-0.15, -0.1) is 0 Å². The summed E-state index contributed by atoms with van der Waals surface area (Å²) in [6.07, 6.45) is 1.67. The molecule has 74 valence electrons. The average Bonchev–Trinajstić information content (AvgIpc) is 2.12. The molecule has 14 heavy (non-hydrogen) atoms. The molecule has 0 aromatic heterocycles. The molecular weight excluding hydrogens is 172 g/mol. The predicted octanol–water partition coefficient (Wildman–Crippen LogP) is 3.25. The summed E-state index contributed by atoms with van der Waals surface area (Å²) in [6.45, 7) is 6.47. The second kappa shape index (κ2) is 2.94. The van der Waals surface area contributed by atoms with Crippen LogP contribution in [0.2, 0.25) is 0 Å². The van der Waals surface area contributed by atoms with E-state index >= 15 is 0 Å². The first-order valence-electron chi connectivity index (χ1n) is 5.15. The van der Waals surface area contributed by atoms with E-state index in [1.165, 1.54) is 11.1 Å². The summed E-state index contributed by atoms with van der Waals surface area (Å²) >= 11 is 0. The van der Waals surface area contributed by atoms with Gasteiger partial charge in [-0.25, -0.2) is 0 Å². The topological polar surface area (TPSA) is 17.1 Å². The fourth-order valence-electron chi connectivity index (χ4n) is 2.17. The van der Waals surface area contributed by atoms with Crippen molar-refractivity contribution in [3.05, 3.63) is 34.9 Å². The minimum absolute atomic E-state index is 0.164. The van der Waals surface area contributed by atoms with Gasteiger partial charge in [-0.1, -0.05) is 31.5 Å². The van der Waals surface area contributed by atoms with E-state index in [9.17, 15) is 4.79 Å². The van der Waals surface area contributed by atoms with Crippen molar-refractivity contribution in [2.45, 2.75) is 39.0 Å². The number of hydrogen-bond acceptors (Lipinski definition) is 1. The van der Waals surface area contributed by atoms with Crippen molar-refractivity contribution >= 4 is 5.78 Å². The molecule has 1 aliphatic carbocycles. The zero-order chi connectivity index (χ0) is 10.3. The number of fused-ring (bicyclic) bond motifs is 1. The molecule has 0 atom stereocenters. The highest BCUT2D eigenvalue weighted by Gasteiger charge is 2.31. The molecule has 1 aromatic carbocycles. The van der Waals surface area contributed by atoms with Crippen molar-refractivity contribution in [1.29, 1.82) is 0 Å². The van der Waals surface area contributed by atoms with Crippen molar-refractivity contribution in [2.75, 3.05) is 0 Å². The maximum Gasteiger partial charge on any atom is 0.163 e. The molecule has 2 rings (SSSR count). The van der Waals surface area contributed by atoms with Crippen LogP contribution in [-0.4, -0.2) is 5.78 Å². The number of aryl methyl sites for hydroxylation is 1. The second-order valence-electron chi connectivity index (χ2n) is 4.86. The van der Waals surface area contributed by atoms with Gasteiger partial charge in [0.15, 0.2) is 5.78 Å². The van der Waals surface area contributed by atoms with Crippen LogP contribution in [0.15, 0.2) is 18.2 Å². The van der Waals surface area contributed by atoms with Gasteiger partial charge in [-0.05, 0) is 30.4 Å². The summed E-state index contributed by atoms with van der Waals surface area (Å²) in [5, 5.41) is 0. The van der Waals surface area contributed by atoms with Crippen LogP contribution in [0.1, 0.15) is 48.2 Å². The molecule has 1 aromatic rings. The first-order chi connectivity index (χ1) is 6.50. The maximum absolute atomic E-state index is 11.7. The molecule has 0 amide bonds. The van der Waals surface area contributed by atoms with Crippen LogP contribution in [0.4, 0.5) is 0 Å². The van der Waals surface area contributed by atoms with Crippen molar-refractivity contribution in [1.82, 2.24) is 0 Å². The van der Waals surface area contributed by atoms with Crippen LogP contribution in [0.25, 0.3) is 0 Å². The molecule has 0 heterocycles. The minimum atomic E-state index is 0.164. The first kappa shape index (κ1) is 9.45. The van der Waals surface area contributed by atoms with E-state index in [1.807, 2.05) is 13.0 Å². The highest BCUT2D eigenvalue weighted by Crippen LogP contribution is 2.36. The summed E-state index contributed by atoms with van der Waals surface area (Å²) in [6, 6.07) is 6.24. The normalized spacial score (nSPS) is 19.2. The Morgan fingerprint density at radius 3 is 2.71 bits per heavy atom. The van der Waals surface area contributed by atoms with E-state index in [2.05, 4.69) is 26.0 Å². The molecule has 0 bridgehead atoms. The molecule has 0 fully saturated rings. The SMILES string of the molecule is Cc1ccc2c(c1)C(=O)CCC2(C)C. The number of ketones is 1. The monoisotopic (exact) mass is 188 g/mol. The quantitative estimate of drug-likeness (QED) is 0.610. The molecule has 1 heteroatoms. The fraction of sp³-hybridized carbons (Fsp3) is 0.462. The summed E-state index contributed by atoms with van der Waals surface area (Å²) < 4.78 is 0. The number of Topliss-reactive ketones (excluding diaryl/α,β-unsaturated/α-hetero) is 1. The average molecular weight is 188 g/mol. The Kier molecular flexibility index (Phi) is 1.99. The first-order valence-corrected chi connectivity index (χ1v) is 5.15. The molecule has 0 radical (unpaired) electrons. The van der Waals surface area contributed by atoms with Crippen LogP contribution in [0.3, 0.4) is 0 Å². The van der Waals surface area contributed by atoms with Gasteiger partial charge in [0.1, 0.15) is 0 Å². The minimum Gasteiger partial charge on any atom is -0.294 e. The molecule has 0 spiro atoms. The van der Waals surface area contributed by atoms with E-state index in [-0.39, 0.29) is 5.41 Å². The molecule has 0 aliphatic heterocycles. The molecule has 1 aliphatic rings. The van der Waals surface area contributed by atoms with E-state index in [4.69, 9.17) is 0 Å². The summed E-state index contributed by atoms with van der Waals surface area (Å²) in [5.41, 5.74) is 3.51. The van der Waals surface area contributed by atoms with E-state index in [0.717, 1.165) is 12.0 Å². The molecule has 1 nitrogen and oxygen atoms in total. The van der Waals surface area contributed by atoms with Gasteiger partial charge >= 0.3 is 0 Å². The van der Waals surface area contributed by atoms with E-state index in [0.29, 0.717) is 12.2 Å². The summed E-state index contributed by atoms with van der Waals surface area (Å²) in [4.78, 5) is 11.7. The summed E-state index contributed by atoms with van der Waals surface area (Å²) in [7, 11) is 0. The lowest BCUT2D eigenvalue weighted by molar-refractivity contribution is 0.0956. The predicted molar refractivity (Wildman–Crippen MR) is 57.8 cm³/mol. The Balaban J connectivity index is 2.63. The lowest BCUT2D eigenvalue weighted by Gasteiger charge is -2.31. The number of rotatable bonds is 0.